The fraction of sp³-hybridized carbons (Fsp3) is 0.333. The van der Waals surface area contributed by atoms with Crippen LogP contribution in [0, 0.1) is 0 Å². The predicted octanol–water partition coefficient (Wildman–Crippen LogP) is 0.722. The highest BCUT2D eigenvalue weighted by Crippen LogP contribution is 2.23. The molecule has 1 aliphatic rings. The average molecular weight is 235 g/mol. The standard InChI is InChI=1S/C12H13NO4/c13-12(7-6-10(14)17-12)11(15)16-8-9-4-2-1-3-5-9/h1-5H,6-8,13H2. The highest BCUT2D eigenvalue weighted by atomic mass is 16.6. The highest BCUT2D eigenvalue weighted by Gasteiger charge is 2.45. The highest BCUT2D eigenvalue weighted by molar-refractivity contribution is 5.86. The smallest absolute Gasteiger partial charge is 0.366 e. The van der Waals surface area contributed by atoms with Crippen LogP contribution in [0.2, 0.25) is 0 Å². The van der Waals surface area contributed by atoms with E-state index in [0.29, 0.717) is 0 Å². The summed E-state index contributed by atoms with van der Waals surface area (Å²) in [6.45, 7) is 0.121. The summed E-state index contributed by atoms with van der Waals surface area (Å²) in [5, 5.41) is 0. The van der Waals surface area contributed by atoms with E-state index < -0.39 is 17.7 Å². The molecule has 90 valence electrons. The van der Waals surface area contributed by atoms with Crippen molar-refractivity contribution in [3.8, 4) is 0 Å². The molecule has 17 heavy (non-hydrogen) atoms. The van der Waals surface area contributed by atoms with Gasteiger partial charge in [-0.2, -0.15) is 0 Å². The van der Waals surface area contributed by atoms with Gasteiger partial charge in [-0.1, -0.05) is 30.3 Å². The van der Waals surface area contributed by atoms with E-state index in [4.69, 9.17) is 15.2 Å². The third-order valence-electron chi connectivity index (χ3n) is 2.55. The maximum Gasteiger partial charge on any atom is 0.366 e. The fourth-order valence-corrected chi connectivity index (χ4v) is 1.58. The van der Waals surface area contributed by atoms with Crippen LogP contribution < -0.4 is 5.73 Å². The lowest BCUT2D eigenvalue weighted by molar-refractivity contribution is -0.174. The Kier molecular flexibility index (Phi) is 3.10. The number of carbonyl (C=O) groups excluding carboxylic acids is 2. The minimum Gasteiger partial charge on any atom is -0.457 e. The predicted molar refractivity (Wildman–Crippen MR) is 58.5 cm³/mol. The van der Waals surface area contributed by atoms with Crippen molar-refractivity contribution < 1.29 is 19.1 Å². The fourth-order valence-electron chi connectivity index (χ4n) is 1.58. The molecule has 1 aliphatic heterocycles. The third kappa shape index (κ3) is 2.62. The van der Waals surface area contributed by atoms with Crippen LogP contribution in [0.3, 0.4) is 0 Å². The Morgan fingerprint density at radius 2 is 2.12 bits per heavy atom. The van der Waals surface area contributed by atoms with Gasteiger partial charge in [0, 0.05) is 6.42 Å². The monoisotopic (exact) mass is 235 g/mol. The van der Waals surface area contributed by atoms with E-state index in [-0.39, 0.29) is 19.4 Å². The number of hydrogen-bond acceptors (Lipinski definition) is 5. The zero-order valence-electron chi connectivity index (χ0n) is 9.22. The van der Waals surface area contributed by atoms with E-state index in [0.717, 1.165) is 5.56 Å². The second kappa shape index (κ2) is 4.55. The topological polar surface area (TPSA) is 78.6 Å². The quantitative estimate of drug-likeness (QED) is 0.781. The molecule has 5 heteroatoms. The van der Waals surface area contributed by atoms with Crippen molar-refractivity contribution in [3.05, 3.63) is 35.9 Å². The van der Waals surface area contributed by atoms with Crippen molar-refractivity contribution in [2.45, 2.75) is 25.2 Å². The number of benzene rings is 1. The SMILES string of the molecule is NC1(C(=O)OCc2ccccc2)CCC(=O)O1. The molecule has 2 N–H and O–H groups in total. The molecule has 0 amide bonds. The lowest BCUT2D eigenvalue weighted by Crippen LogP contribution is -2.48. The maximum atomic E-state index is 11.7. The number of hydrogen-bond donors (Lipinski definition) is 1. The van der Waals surface area contributed by atoms with Crippen molar-refractivity contribution in [2.24, 2.45) is 5.73 Å². The number of cyclic esters (lactones) is 1. The van der Waals surface area contributed by atoms with Gasteiger partial charge >= 0.3 is 11.9 Å². The van der Waals surface area contributed by atoms with Crippen molar-refractivity contribution in [1.29, 1.82) is 0 Å². The van der Waals surface area contributed by atoms with Crippen molar-refractivity contribution in [3.63, 3.8) is 0 Å². The normalized spacial score (nSPS) is 23.2. The van der Waals surface area contributed by atoms with E-state index in [1.54, 1.807) is 0 Å². The Bertz CT molecular complexity index is 431. The van der Waals surface area contributed by atoms with Crippen LogP contribution in [0.4, 0.5) is 0 Å². The molecule has 1 heterocycles. The van der Waals surface area contributed by atoms with Gasteiger partial charge in [-0.3, -0.25) is 10.5 Å². The number of nitrogens with two attached hydrogens (primary N) is 1. The number of carbonyl (C=O) groups is 2. The molecular weight excluding hydrogens is 222 g/mol. The van der Waals surface area contributed by atoms with Crippen LogP contribution in [-0.4, -0.2) is 17.7 Å². The summed E-state index contributed by atoms with van der Waals surface area (Å²) in [5.41, 5.74) is 4.89. The van der Waals surface area contributed by atoms with E-state index in [1.165, 1.54) is 0 Å². The Balaban J connectivity index is 1.92. The van der Waals surface area contributed by atoms with Gasteiger partial charge in [0.25, 0.3) is 5.72 Å². The molecule has 0 aliphatic carbocycles. The van der Waals surface area contributed by atoms with Crippen LogP contribution in [-0.2, 0) is 25.7 Å². The Labute approximate surface area is 98.5 Å². The third-order valence-corrected chi connectivity index (χ3v) is 2.55. The number of esters is 2. The van der Waals surface area contributed by atoms with Gasteiger partial charge in [0.2, 0.25) is 0 Å². The molecule has 0 aromatic heterocycles. The summed E-state index contributed by atoms with van der Waals surface area (Å²) in [6, 6.07) is 9.22. The summed E-state index contributed by atoms with van der Waals surface area (Å²) in [7, 11) is 0. The minimum atomic E-state index is -1.61. The molecule has 0 radical (unpaired) electrons. The minimum absolute atomic E-state index is 0.121. The van der Waals surface area contributed by atoms with Crippen molar-refractivity contribution >= 4 is 11.9 Å². The van der Waals surface area contributed by atoms with E-state index >= 15 is 0 Å². The Hall–Kier alpha value is -1.88. The summed E-state index contributed by atoms with van der Waals surface area (Å²) in [4.78, 5) is 22.6. The second-order valence-electron chi connectivity index (χ2n) is 3.93. The maximum absolute atomic E-state index is 11.7. The van der Waals surface area contributed by atoms with E-state index in [2.05, 4.69) is 0 Å². The van der Waals surface area contributed by atoms with Crippen LogP contribution in [0.1, 0.15) is 18.4 Å². The van der Waals surface area contributed by atoms with E-state index in [9.17, 15) is 9.59 Å². The molecule has 1 saturated heterocycles. The first-order valence-corrected chi connectivity index (χ1v) is 5.32. The first kappa shape index (κ1) is 11.6. The van der Waals surface area contributed by atoms with Gasteiger partial charge in [-0.25, -0.2) is 4.79 Å². The van der Waals surface area contributed by atoms with Crippen molar-refractivity contribution in [1.82, 2.24) is 0 Å². The summed E-state index contributed by atoms with van der Waals surface area (Å²) >= 11 is 0. The molecule has 0 spiro atoms. The summed E-state index contributed by atoms with van der Waals surface area (Å²) < 4.78 is 9.79. The zero-order valence-corrected chi connectivity index (χ0v) is 9.22. The van der Waals surface area contributed by atoms with Gasteiger partial charge < -0.3 is 9.47 Å². The molecule has 1 atom stereocenters. The van der Waals surface area contributed by atoms with Gasteiger partial charge in [0.1, 0.15) is 6.61 Å². The Morgan fingerprint density at radius 3 is 2.71 bits per heavy atom. The van der Waals surface area contributed by atoms with Gasteiger partial charge in [-0.05, 0) is 5.56 Å². The first-order valence-electron chi connectivity index (χ1n) is 5.32. The molecule has 1 aromatic rings. The van der Waals surface area contributed by atoms with Gasteiger partial charge in [0.05, 0.1) is 6.42 Å². The largest absolute Gasteiger partial charge is 0.457 e. The lowest BCUT2D eigenvalue weighted by Gasteiger charge is -2.19. The first-order chi connectivity index (χ1) is 8.10. The van der Waals surface area contributed by atoms with E-state index in [1.807, 2.05) is 30.3 Å². The average Bonchev–Trinajstić information content (AvgIpc) is 2.69. The second-order valence-corrected chi connectivity index (χ2v) is 3.93. The number of rotatable bonds is 3. The van der Waals surface area contributed by atoms with Crippen LogP contribution in [0.15, 0.2) is 30.3 Å². The van der Waals surface area contributed by atoms with Gasteiger partial charge in [0.15, 0.2) is 0 Å². The molecule has 0 bridgehead atoms. The molecule has 0 saturated carbocycles. The molecule has 1 fully saturated rings. The van der Waals surface area contributed by atoms with Crippen LogP contribution in [0.5, 0.6) is 0 Å². The lowest BCUT2D eigenvalue weighted by atomic mass is 10.1. The Morgan fingerprint density at radius 1 is 1.41 bits per heavy atom. The molecule has 5 nitrogen and oxygen atoms in total. The molecular formula is C12H13NO4. The van der Waals surface area contributed by atoms with Gasteiger partial charge in [-0.15, -0.1) is 0 Å². The van der Waals surface area contributed by atoms with Crippen LogP contribution in [0.25, 0.3) is 0 Å². The molecule has 2 rings (SSSR count). The zero-order chi connectivity index (χ0) is 12.3. The molecule has 1 unspecified atom stereocenters. The summed E-state index contributed by atoms with van der Waals surface area (Å²) in [6.07, 6.45) is 0.316. The number of ether oxygens (including phenoxy) is 2. The van der Waals surface area contributed by atoms with Crippen LogP contribution >= 0.6 is 0 Å². The van der Waals surface area contributed by atoms with Crippen molar-refractivity contribution in [2.75, 3.05) is 0 Å². The molecule has 1 aromatic carbocycles. The summed E-state index contributed by atoms with van der Waals surface area (Å²) in [5.74, 6) is -1.17.